The fraction of sp³-hybridized carbons (Fsp3) is 0.818. The highest BCUT2D eigenvalue weighted by atomic mass is 32.2. The van der Waals surface area contributed by atoms with Gasteiger partial charge in [-0.15, -0.1) is 0 Å². The van der Waals surface area contributed by atoms with E-state index in [1.165, 1.54) is 0 Å². The summed E-state index contributed by atoms with van der Waals surface area (Å²) < 4.78 is 0. The maximum absolute atomic E-state index is 11.5. The van der Waals surface area contributed by atoms with Gasteiger partial charge in [0.2, 0.25) is 5.91 Å². The van der Waals surface area contributed by atoms with E-state index in [9.17, 15) is 9.59 Å². The van der Waals surface area contributed by atoms with Gasteiger partial charge in [-0.1, -0.05) is 6.92 Å². The van der Waals surface area contributed by atoms with E-state index in [4.69, 9.17) is 5.11 Å². The summed E-state index contributed by atoms with van der Waals surface area (Å²) in [6.07, 6.45) is 3.29. The molecule has 3 N–H and O–H groups in total. The van der Waals surface area contributed by atoms with Gasteiger partial charge in [0.25, 0.3) is 0 Å². The number of rotatable bonds is 9. The topological polar surface area (TPSA) is 78.4 Å². The van der Waals surface area contributed by atoms with Crippen LogP contribution in [0, 0.1) is 0 Å². The Bertz CT molecular complexity index is 249. The summed E-state index contributed by atoms with van der Waals surface area (Å²) in [5.74, 6) is -0.523. The fourth-order valence-corrected chi connectivity index (χ4v) is 1.62. The maximum Gasteiger partial charge on any atom is 0.326 e. The molecule has 0 aliphatic rings. The summed E-state index contributed by atoms with van der Waals surface area (Å²) in [5, 5.41) is 14.5. The predicted octanol–water partition coefficient (Wildman–Crippen LogP) is 0.697. The van der Waals surface area contributed by atoms with Gasteiger partial charge in [0.05, 0.1) is 6.54 Å². The van der Waals surface area contributed by atoms with Gasteiger partial charge in [0, 0.05) is 6.04 Å². The Labute approximate surface area is 107 Å². The molecule has 0 rings (SSSR count). The molecule has 0 fully saturated rings. The van der Waals surface area contributed by atoms with Crippen LogP contribution in [0.1, 0.15) is 26.7 Å². The standard InChI is InChI=1S/C11H22N2O3S/c1-4-8(2)12-7-10(14)13-9(11(15)16)5-6-17-3/h8-9,12H,4-7H2,1-3H3,(H,13,14)(H,15,16). The zero-order chi connectivity index (χ0) is 13.3. The van der Waals surface area contributed by atoms with E-state index in [2.05, 4.69) is 10.6 Å². The Morgan fingerprint density at radius 1 is 1.41 bits per heavy atom. The summed E-state index contributed by atoms with van der Waals surface area (Å²) in [5.41, 5.74) is 0. The smallest absolute Gasteiger partial charge is 0.326 e. The van der Waals surface area contributed by atoms with Gasteiger partial charge >= 0.3 is 5.97 Å². The number of carbonyl (C=O) groups excluding carboxylic acids is 1. The molecule has 0 heterocycles. The number of carboxylic acid groups (broad SMARTS) is 1. The van der Waals surface area contributed by atoms with Crippen LogP contribution in [-0.4, -0.2) is 47.6 Å². The summed E-state index contributed by atoms with van der Waals surface area (Å²) in [6, 6.07) is -0.524. The van der Waals surface area contributed by atoms with Crippen molar-refractivity contribution in [2.45, 2.75) is 38.8 Å². The molecule has 0 aliphatic heterocycles. The van der Waals surface area contributed by atoms with Crippen LogP contribution in [0.3, 0.4) is 0 Å². The quantitative estimate of drug-likeness (QED) is 0.570. The van der Waals surface area contributed by atoms with E-state index in [-0.39, 0.29) is 18.5 Å². The first kappa shape index (κ1) is 16.2. The first-order valence-electron chi connectivity index (χ1n) is 5.75. The lowest BCUT2D eigenvalue weighted by molar-refractivity contribution is -0.141. The van der Waals surface area contributed by atoms with Gasteiger partial charge in [-0.05, 0) is 31.8 Å². The highest BCUT2D eigenvalue weighted by Gasteiger charge is 2.19. The lowest BCUT2D eigenvalue weighted by Crippen LogP contribution is -2.46. The minimum atomic E-state index is -0.976. The van der Waals surface area contributed by atoms with Crippen molar-refractivity contribution in [3.8, 4) is 0 Å². The number of thioether (sulfide) groups is 1. The van der Waals surface area contributed by atoms with Gasteiger partial charge in [0.15, 0.2) is 0 Å². The van der Waals surface area contributed by atoms with Crippen molar-refractivity contribution in [2.24, 2.45) is 0 Å². The molecule has 0 saturated carbocycles. The van der Waals surface area contributed by atoms with E-state index >= 15 is 0 Å². The Balaban J connectivity index is 3.99. The van der Waals surface area contributed by atoms with Crippen LogP contribution >= 0.6 is 11.8 Å². The van der Waals surface area contributed by atoms with Gasteiger partial charge in [-0.3, -0.25) is 4.79 Å². The molecule has 0 aromatic heterocycles. The molecule has 1 amide bonds. The summed E-state index contributed by atoms with van der Waals surface area (Å²) in [4.78, 5) is 22.4. The van der Waals surface area contributed by atoms with Crippen molar-refractivity contribution in [1.82, 2.24) is 10.6 Å². The van der Waals surface area contributed by atoms with Gasteiger partial charge in [0.1, 0.15) is 6.04 Å². The van der Waals surface area contributed by atoms with Gasteiger partial charge < -0.3 is 15.7 Å². The SMILES string of the molecule is CCC(C)NCC(=O)NC(CCSC)C(=O)O. The molecule has 100 valence electrons. The van der Waals surface area contributed by atoms with Gasteiger partial charge in [-0.2, -0.15) is 11.8 Å². The number of hydrogen-bond donors (Lipinski definition) is 3. The Hall–Kier alpha value is -0.750. The second kappa shape index (κ2) is 9.30. The Morgan fingerprint density at radius 3 is 2.53 bits per heavy atom. The molecule has 0 spiro atoms. The molecule has 17 heavy (non-hydrogen) atoms. The minimum absolute atomic E-state index is 0.165. The van der Waals surface area contributed by atoms with Crippen LogP contribution < -0.4 is 10.6 Å². The molecule has 0 aromatic rings. The van der Waals surface area contributed by atoms with Crippen molar-refractivity contribution in [2.75, 3.05) is 18.6 Å². The van der Waals surface area contributed by atoms with Gasteiger partial charge in [-0.25, -0.2) is 4.79 Å². The van der Waals surface area contributed by atoms with Crippen LogP contribution in [0.15, 0.2) is 0 Å². The van der Waals surface area contributed by atoms with Crippen molar-refractivity contribution in [3.63, 3.8) is 0 Å². The maximum atomic E-state index is 11.5. The highest BCUT2D eigenvalue weighted by Crippen LogP contribution is 2.00. The van der Waals surface area contributed by atoms with E-state index in [1.54, 1.807) is 11.8 Å². The first-order valence-corrected chi connectivity index (χ1v) is 7.15. The molecule has 5 nitrogen and oxygen atoms in total. The average molecular weight is 262 g/mol. The highest BCUT2D eigenvalue weighted by molar-refractivity contribution is 7.98. The number of amides is 1. The molecule has 6 heteroatoms. The van der Waals surface area contributed by atoms with Crippen molar-refractivity contribution >= 4 is 23.6 Å². The molecule has 0 aromatic carbocycles. The lowest BCUT2D eigenvalue weighted by Gasteiger charge is -2.15. The molecule has 0 aliphatic carbocycles. The zero-order valence-corrected chi connectivity index (χ0v) is 11.5. The van der Waals surface area contributed by atoms with E-state index < -0.39 is 12.0 Å². The monoisotopic (exact) mass is 262 g/mol. The molecular weight excluding hydrogens is 240 g/mol. The predicted molar refractivity (Wildman–Crippen MR) is 70.3 cm³/mol. The number of carboxylic acids is 1. The third-order valence-electron chi connectivity index (χ3n) is 2.47. The van der Waals surface area contributed by atoms with Crippen molar-refractivity contribution in [1.29, 1.82) is 0 Å². The molecule has 0 saturated heterocycles. The van der Waals surface area contributed by atoms with Crippen LogP contribution in [0.4, 0.5) is 0 Å². The Kier molecular flexibility index (Phi) is 8.89. The Morgan fingerprint density at radius 2 is 2.06 bits per heavy atom. The van der Waals surface area contributed by atoms with E-state index in [0.717, 1.165) is 12.2 Å². The normalized spacial score (nSPS) is 14.1. The van der Waals surface area contributed by atoms with Crippen LogP contribution in [0.5, 0.6) is 0 Å². The zero-order valence-electron chi connectivity index (χ0n) is 10.7. The fourth-order valence-electron chi connectivity index (χ4n) is 1.15. The number of aliphatic carboxylic acids is 1. The van der Waals surface area contributed by atoms with Crippen LogP contribution in [0.2, 0.25) is 0 Å². The lowest BCUT2D eigenvalue weighted by atomic mass is 10.2. The van der Waals surface area contributed by atoms with Crippen LogP contribution in [0.25, 0.3) is 0 Å². The van der Waals surface area contributed by atoms with Crippen molar-refractivity contribution < 1.29 is 14.7 Å². The molecule has 0 radical (unpaired) electrons. The third kappa shape index (κ3) is 8.04. The average Bonchev–Trinajstić information content (AvgIpc) is 2.30. The molecule has 2 atom stereocenters. The number of hydrogen-bond acceptors (Lipinski definition) is 4. The molecular formula is C11H22N2O3S. The van der Waals surface area contributed by atoms with Crippen LogP contribution in [-0.2, 0) is 9.59 Å². The summed E-state index contributed by atoms with van der Waals surface area (Å²) in [7, 11) is 0. The number of carbonyl (C=O) groups is 2. The van der Waals surface area contributed by atoms with E-state index in [1.807, 2.05) is 20.1 Å². The second-order valence-electron chi connectivity index (χ2n) is 3.93. The second-order valence-corrected chi connectivity index (χ2v) is 4.92. The van der Waals surface area contributed by atoms with E-state index in [0.29, 0.717) is 6.42 Å². The molecule has 0 bridgehead atoms. The largest absolute Gasteiger partial charge is 0.480 e. The number of nitrogens with one attached hydrogen (secondary N) is 2. The third-order valence-corrected chi connectivity index (χ3v) is 3.11. The first-order chi connectivity index (χ1) is 8.01. The molecule has 2 unspecified atom stereocenters. The summed E-state index contributed by atoms with van der Waals surface area (Å²) in [6.45, 7) is 4.17. The summed E-state index contributed by atoms with van der Waals surface area (Å²) >= 11 is 1.57. The van der Waals surface area contributed by atoms with Crippen molar-refractivity contribution in [3.05, 3.63) is 0 Å². The minimum Gasteiger partial charge on any atom is -0.480 e.